The first-order valence-corrected chi connectivity index (χ1v) is 7.55. The summed E-state index contributed by atoms with van der Waals surface area (Å²) in [6.45, 7) is 2.09. The van der Waals surface area contributed by atoms with Crippen LogP contribution in [0.2, 0.25) is 0 Å². The lowest BCUT2D eigenvalue weighted by molar-refractivity contribution is 0.498. The summed E-state index contributed by atoms with van der Waals surface area (Å²) < 4.78 is 7.40. The highest BCUT2D eigenvalue weighted by molar-refractivity contribution is 9.11. The van der Waals surface area contributed by atoms with Gasteiger partial charge in [0.25, 0.3) is 0 Å². The molecule has 5 heteroatoms. The summed E-state index contributed by atoms with van der Waals surface area (Å²) in [5, 5.41) is 0. The molecule has 0 aliphatic carbocycles. The number of halogens is 3. The zero-order valence-corrected chi connectivity index (χ0v) is 13.3. The van der Waals surface area contributed by atoms with E-state index in [2.05, 4.69) is 60.8 Å². The van der Waals surface area contributed by atoms with Gasteiger partial charge >= 0.3 is 0 Å². The number of thiophene rings is 1. The minimum absolute atomic E-state index is 0.108. The fourth-order valence-corrected chi connectivity index (χ4v) is 4.53. The summed E-state index contributed by atoms with van der Waals surface area (Å²) in [5.41, 5.74) is 0. The molecule has 0 amide bonds. The molecule has 0 aromatic carbocycles. The smallest absolute Gasteiger partial charge is 0.169 e. The fraction of sp³-hybridized carbons (Fsp3) is 0.200. The van der Waals surface area contributed by atoms with Gasteiger partial charge in [0.1, 0.15) is 10.6 Å². The minimum Gasteiger partial charge on any atom is -0.453 e. The van der Waals surface area contributed by atoms with Crippen molar-refractivity contribution in [1.29, 1.82) is 0 Å². The lowest BCUT2D eigenvalue weighted by atomic mass is 10.3. The van der Waals surface area contributed by atoms with Crippen LogP contribution in [0.4, 0.5) is 0 Å². The molecule has 2 heterocycles. The Morgan fingerprint density at radius 1 is 1.33 bits per heavy atom. The molecule has 0 radical (unpaired) electrons. The van der Waals surface area contributed by atoms with Crippen molar-refractivity contribution in [3.63, 3.8) is 0 Å². The molecule has 0 bridgehead atoms. The molecule has 2 rings (SSSR count). The van der Waals surface area contributed by atoms with Crippen molar-refractivity contribution in [3.05, 3.63) is 42.9 Å². The molecule has 0 N–H and O–H groups in total. The Bertz CT molecular complexity index is 475. The Morgan fingerprint density at radius 3 is 2.53 bits per heavy atom. The van der Waals surface area contributed by atoms with Crippen molar-refractivity contribution in [2.45, 2.75) is 11.8 Å². The van der Waals surface area contributed by atoms with Gasteiger partial charge in [-0.1, -0.05) is 15.9 Å². The third-order valence-electron chi connectivity index (χ3n) is 1.91. The summed E-state index contributed by atoms with van der Waals surface area (Å²) in [4.78, 5) is 2.62. The molecule has 15 heavy (non-hydrogen) atoms. The van der Waals surface area contributed by atoms with Crippen LogP contribution in [-0.4, -0.2) is 0 Å². The maximum absolute atomic E-state index is 5.52. The lowest BCUT2D eigenvalue weighted by Crippen LogP contribution is -1.86. The first-order valence-electron chi connectivity index (χ1n) is 4.23. The molecular weight excluding hydrogens is 408 g/mol. The van der Waals surface area contributed by atoms with Gasteiger partial charge in [-0.3, -0.25) is 0 Å². The van der Waals surface area contributed by atoms with Crippen molar-refractivity contribution in [2.24, 2.45) is 0 Å². The highest BCUT2D eigenvalue weighted by atomic mass is 79.9. The molecule has 0 aliphatic heterocycles. The van der Waals surface area contributed by atoms with E-state index >= 15 is 0 Å². The molecule has 1 nitrogen and oxygen atoms in total. The van der Waals surface area contributed by atoms with Gasteiger partial charge < -0.3 is 4.42 Å². The number of furan rings is 1. The zero-order valence-electron chi connectivity index (χ0n) is 7.76. The number of rotatable bonds is 2. The van der Waals surface area contributed by atoms with Gasteiger partial charge in [-0.2, -0.15) is 0 Å². The van der Waals surface area contributed by atoms with Crippen molar-refractivity contribution < 1.29 is 4.42 Å². The third kappa shape index (κ3) is 2.57. The average molecular weight is 415 g/mol. The van der Waals surface area contributed by atoms with Gasteiger partial charge in [0.15, 0.2) is 4.67 Å². The second kappa shape index (κ2) is 4.73. The summed E-state index contributed by atoms with van der Waals surface area (Å²) >= 11 is 12.2. The Balaban J connectivity index is 2.35. The van der Waals surface area contributed by atoms with E-state index < -0.39 is 0 Å². The summed E-state index contributed by atoms with van der Waals surface area (Å²) in [6, 6.07) is 5.98. The van der Waals surface area contributed by atoms with Gasteiger partial charge in [0.05, 0.1) is 0 Å². The number of aryl methyl sites for hydroxylation is 1. The highest BCUT2D eigenvalue weighted by Crippen LogP contribution is 2.41. The monoisotopic (exact) mass is 412 g/mol. The Labute approximate surface area is 117 Å². The standard InChI is InChI=1S/C10H7Br3OS/c1-5-4-6(11)10(15-5)9(13)7-2-3-8(12)14-7/h2-4,9H,1H3. The summed E-state index contributed by atoms with van der Waals surface area (Å²) in [5.74, 6) is 0.907. The first-order chi connectivity index (χ1) is 7.08. The summed E-state index contributed by atoms with van der Waals surface area (Å²) in [7, 11) is 0. The zero-order chi connectivity index (χ0) is 11.0. The molecule has 0 saturated carbocycles. The van der Waals surface area contributed by atoms with Crippen LogP contribution in [-0.2, 0) is 0 Å². The van der Waals surface area contributed by atoms with Gasteiger partial charge in [0.2, 0.25) is 0 Å². The van der Waals surface area contributed by atoms with Gasteiger partial charge in [-0.25, -0.2) is 0 Å². The summed E-state index contributed by atoms with van der Waals surface area (Å²) in [6.07, 6.45) is 0. The van der Waals surface area contributed by atoms with E-state index in [9.17, 15) is 0 Å². The van der Waals surface area contributed by atoms with Crippen LogP contribution in [0.15, 0.2) is 31.8 Å². The van der Waals surface area contributed by atoms with Gasteiger partial charge in [-0.05, 0) is 57.0 Å². The van der Waals surface area contributed by atoms with E-state index in [0.29, 0.717) is 0 Å². The van der Waals surface area contributed by atoms with E-state index in [-0.39, 0.29) is 4.83 Å². The molecule has 0 aliphatic rings. The fourth-order valence-electron chi connectivity index (χ4n) is 1.27. The van der Waals surface area contributed by atoms with Crippen molar-refractivity contribution >= 4 is 59.1 Å². The molecule has 2 aromatic rings. The topological polar surface area (TPSA) is 13.1 Å². The van der Waals surface area contributed by atoms with Crippen LogP contribution in [0.1, 0.15) is 20.3 Å². The maximum atomic E-state index is 5.52. The molecule has 0 saturated heterocycles. The molecule has 0 fully saturated rings. The second-order valence-electron chi connectivity index (χ2n) is 3.07. The van der Waals surface area contributed by atoms with Crippen LogP contribution in [0.3, 0.4) is 0 Å². The maximum Gasteiger partial charge on any atom is 0.169 e. The number of alkyl halides is 1. The predicted octanol–water partition coefficient (Wildman–Crippen LogP) is 5.66. The molecule has 2 aromatic heterocycles. The van der Waals surface area contributed by atoms with E-state index in [0.717, 1.165) is 14.9 Å². The Morgan fingerprint density at radius 2 is 2.07 bits per heavy atom. The lowest BCUT2D eigenvalue weighted by Gasteiger charge is -2.04. The SMILES string of the molecule is Cc1cc(Br)c(C(Br)c2ccc(Br)o2)s1. The third-order valence-corrected chi connectivity index (χ3v) is 5.58. The van der Waals surface area contributed by atoms with Crippen molar-refractivity contribution in [2.75, 3.05) is 0 Å². The predicted molar refractivity (Wildman–Crippen MR) is 73.9 cm³/mol. The van der Waals surface area contributed by atoms with Crippen LogP contribution < -0.4 is 0 Å². The Kier molecular flexibility index (Phi) is 3.75. The number of hydrogen-bond donors (Lipinski definition) is 0. The molecular formula is C10H7Br3OS. The van der Waals surface area contributed by atoms with Crippen LogP contribution >= 0.6 is 59.1 Å². The second-order valence-corrected chi connectivity index (χ2v) is 6.91. The van der Waals surface area contributed by atoms with Crippen molar-refractivity contribution in [1.82, 2.24) is 0 Å². The van der Waals surface area contributed by atoms with Crippen LogP contribution in [0.25, 0.3) is 0 Å². The largest absolute Gasteiger partial charge is 0.453 e. The normalized spacial score (nSPS) is 13.1. The van der Waals surface area contributed by atoms with E-state index in [1.54, 1.807) is 11.3 Å². The van der Waals surface area contributed by atoms with E-state index in [1.165, 1.54) is 9.75 Å². The molecule has 1 unspecified atom stereocenters. The minimum atomic E-state index is 0.108. The molecule has 80 valence electrons. The van der Waals surface area contributed by atoms with E-state index in [4.69, 9.17) is 4.42 Å². The van der Waals surface area contributed by atoms with E-state index in [1.807, 2.05) is 12.1 Å². The number of hydrogen-bond acceptors (Lipinski definition) is 2. The molecule has 0 spiro atoms. The van der Waals surface area contributed by atoms with Crippen LogP contribution in [0, 0.1) is 6.92 Å². The van der Waals surface area contributed by atoms with Gasteiger partial charge in [-0.15, -0.1) is 11.3 Å². The average Bonchev–Trinajstić information content (AvgIpc) is 2.71. The highest BCUT2D eigenvalue weighted by Gasteiger charge is 2.19. The first kappa shape index (κ1) is 11.9. The Hall–Kier alpha value is 0.420. The van der Waals surface area contributed by atoms with Gasteiger partial charge in [0, 0.05) is 14.2 Å². The quantitative estimate of drug-likeness (QED) is 0.578. The molecule has 1 atom stereocenters. The van der Waals surface area contributed by atoms with Crippen molar-refractivity contribution in [3.8, 4) is 0 Å². The van der Waals surface area contributed by atoms with Crippen LogP contribution in [0.5, 0.6) is 0 Å².